The zero-order valence-corrected chi connectivity index (χ0v) is 17.2. The molecule has 0 atom stereocenters. The number of nitrogens with zero attached hydrogens (tertiary/aromatic N) is 3. The van der Waals surface area contributed by atoms with E-state index in [1.54, 1.807) is 19.1 Å². The minimum atomic E-state index is -4.50. The highest BCUT2D eigenvalue weighted by Crippen LogP contribution is 2.31. The summed E-state index contributed by atoms with van der Waals surface area (Å²) in [5.41, 5.74) is 2.79. The van der Waals surface area contributed by atoms with Gasteiger partial charge in [-0.2, -0.15) is 18.3 Å². The Kier molecular flexibility index (Phi) is 5.18. The number of hydrogen-bond acceptors (Lipinski definition) is 3. The van der Waals surface area contributed by atoms with Crippen molar-refractivity contribution in [2.45, 2.75) is 20.0 Å². The topological polar surface area (TPSA) is 59.3 Å². The number of carbonyl (C=O) groups excluding carboxylic acids is 1. The van der Waals surface area contributed by atoms with Crippen LogP contribution in [0.5, 0.6) is 0 Å². The summed E-state index contributed by atoms with van der Waals surface area (Å²) >= 11 is 5.97. The smallest absolute Gasteiger partial charge is 0.322 e. The lowest BCUT2D eigenvalue weighted by Gasteiger charge is -2.11. The fraction of sp³-hybridized carbons (Fsp3) is 0.136. The second kappa shape index (κ2) is 7.70. The number of rotatable bonds is 3. The monoisotopic (exact) mass is 444 g/mol. The van der Waals surface area contributed by atoms with E-state index in [2.05, 4.69) is 15.4 Å². The number of aromatic nitrogens is 3. The molecule has 0 fully saturated rings. The van der Waals surface area contributed by atoms with Gasteiger partial charge in [0.25, 0.3) is 5.91 Å². The Morgan fingerprint density at radius 3 is 2.45 bits per heavy atom. The quantitative estimate of drug-likeness (QED) is 0.425. The molecule has 0 aliphatic rings. The maximum atomic E-state index is 12.9. The predicted molar refractivity (Wildman–Crippen MR) is 112 cm³/mol. The van der Waals surface area contributed by atoms with Crippen LogP contribution in [0.3, 0.4) is 0 Å². The van der Waals surface area contributed by atoms with Crippen LogP contribution < -0.4 is 5.32 Å². The standard InChI is InChI=1S/C22H16ClF3N4O/c1-12-18(21(31)28-17-5-3-4-15(10-17)22(24,25)26)11-30-20(27-12)19(13(2)29-30)14-6-8-16(23)9-7-14/h3-11H,1-2H3,(H,28,31). The first-order valence-electron chi connectivity index (χ1n) is 9.24. The molecule has 0 unspecified atom stereocenters. The van der Waals surface area contributed by atoms with Crippen molar-refractivity contribution < 1.29 is 18.0 Å². The van der Waals surface area contributed by atoms with Crippen LogP contribution in [0.25, 0.3) is 16.8 Å². The highest BCUT2D eigenvalue weighted by atomic mass is 35.5. The Hall–Kier alpha value is -3.39. The fourth-order valence-corrected chi connectivity index (χ4v) is 3.44. The van der Waals surface area contributed by atoms with Gasteiger partial charge in [0, 0.05) is 22.5 Å². The zero-order valence-electron chi connectivity index (χ0n) is 16.5. The number of halogens is 4. The number of alkyl halides is 3. The van der Waals surface area contributed by atoms with Gasteiger partial charge in [0.1, 0.15) is 0 Å². The van der Waals surface area contributed by atoms with E-state index >= 15 is 0 Å². The van der Waals surface area contributed by atoms with Crippen molar-refractivity contribution in [3.05, 3.63) is 82.3 Å². The molecule has 0 bridgehead atoms. The van der Waals surface area contributed by atoms with Crippen molar-refractivity contribution in [1.29, 1.82) is 0 Å². The minimum Gasteiger partial charge on any atom is -0.322 e. The Balaban J connectivity index is 1.70. The van der Waals surface area contributed by atoms with Crippen LogP contribution in [-0.4, -0.2) is 20.5 Å². The molecule has 0 saturated heterocycles. The summed E-state index contributed by atoms with van der Waals surface area (Å²) in [5, 5.41) is 7.55. The van der Waals surface area contributed by atoms with Gasteiger partial charge < -0.3 is 5.32 Å². The number of fused-ring (bicyclic) bond motifs is 1. The highest BCUT2D eigenvalue weighted by Gasteiger charge is 2.30. The molecule has 2 aromatic heterocycles. The second-order valence-corrected chi connectivity index (χ2v) is 7.44. The Morgan fingerprint density at radius 1 is 1.06 bits per heavy atom. The molecule has 158 valence electrons. The number of hydrogen-bond donors (Lipinski definition) is 1. The maximum Gasteiger partial charge on any atom is 0.416 e. The molecule has 0 spiro atoms. The third-order valence-corrected chi connectivity index (χ3v) is 5.05. The lowest BCUT2D eigenvalue weighted by Crippen LogP contribution is -2.16. The molecule has 0 aliphatic heterocycles. The molecule has 1 N–H and O–H groups in total. The van der Waals surface area contributed by atoms with Gasteiger partial charge in [-0.05, 0) is 49.7 Å². The molecule has 0 aliphatic carbocycles. The highest BCUT2D eigenvalue weighted by molar-refractivity contribution is 6.30. The second-order valence-electron chi connectivity index (χ2n) is 7.01. The zero-order chi connectivity index (χ0) is 22.3. The van der Waals surface area contributed by atoms with Crippen LogP contribution in [-0.2, 0) is 6.18 Å². The molecule has 0 saturated carbocycles. The molecule has 1 amide bonds. The first-order chi connectivity index (χ1) is 14.6. The third kappa shape index (κ3) is 4.11. The molecular weight excluding hydrogens is 429 g/mol. The van der Waals surface area contributed by atoms with Gasteiger partial charge in [-0.15, -0.1) is 0 Å². The van der Waals surface area contributed by atoms with E-state index in [1.807, 2.05) is 19.1 Å². The van der Waals surface area contributed by atoms with Crippen LogP contribution in [0, 0.1) is 13.8 Å². The largest absolute Gasteiger partial charge is 0.416 e. The van der Waals surface area contributed by atoms with Crippen molar-refractivity contribution in [2.75, 3.05) is 5.32 Å². The molecule has 2 aromatic carbocycles. The van der Waals surface area contributed by atoms with Crippen molar-refractivity contribution in [3.63, 3.8) is 0 Å². The third-order valence-electron chi connectivity index (χ3n) is 4.80. The van der Waals surface area contributed by atoms with Gasteiger partial charge in [-0.3, -0.25) is 4.79 Å². The molecule has 31 heavy (non-hydrogen) atoms. The Morgan fingerprint density at radius 2 is 1.77 bits per heavy atom. The SMILES string of the molecule is Cc1nc2c(-c3ccc(Cl)cc3)c(C)nn2cc1C(=O)Nc1cccc(C(F)(F)F)c1. The van der Waals surface area contributed by atoms with Crippen molar-refractivity contribution in [1.82, 2.24) is 14.6 Å². The van der Waals surface area contributed by atoms with E-state index in [-0.39, 0.29) is 11.3 Å². The number of benzene rings is 2. The van der Waals surface area contributed by atoms with Crippen LogP contribution in [0.4, 0.5) is 18.9 Å². The fourth-order valence-electron chi connectivity index (χ4n) is 3.32. The summed E-state index contributed by atoms with van der Waals surface area (Å²) in [6.07, 6.45) is -2.98. The Labute approximate surface area is 180 Å². The molecule has 2 heterocycles. The van der Waals surface area contributed by atoms with E-state index in [0.717, 1.165) is 23.3 Å². The summed E-state index contributed by atoms with van der Waals surface area (Å²) in [7, 11) is 0. The van der Waals surface area contributed by atoms with E-state index < -0.39 is 17.6 Å². The van der Waals surface area contributed by atoms with Gasteiger partial charge in [0.15, 0.2) is 5.65 Å². The number of anilines is 1. The van der Waals surface area contributed by atoms with Crippen molar-refractivity contribution in [3.8, 4) is 11.1 Å². The number of aryl methyl sites for hydroxylation is 2. The van der Waals surface area contributed by atoms with Crippen molar-refractivity contribution >= 4 is 28.8 Å². The summed E-state index contributed by atoms with van der Waals surface area (Å²) in [6.45, 7) is 3.49. The molecule has 0 radical (unpaired) electrons. The van der Waals surface area contributed by atoms with Gasteiger partial charge in [0.05, 0.1) is 22.5 Å². The molecule has 9 heteroatoms. The van der Waals surface area contributed by atoms with Crippen LogP contribution in [0.15, 0.2) is 54.7 Å². The van der Waals surface area contributed by atoms with Crippen LogP contribution >= 0.6 is 11.6 Å². The molecule has 5 nitrogen and oxygen atoms in total. The average molecular weight is 445 g/mol. The van der Waals surface area contributed by atoms with E-state index in [0.29, 0.717) is 22.1 Å². The van der Waals surface area contributed by atoms with Gasteiger partial charge in [-0.25, -0.2) is 9.50 Å². The van der Waals surface area contributed by atoms with Gasteiger partial charge in [-0.1, -0.05) is 29.8 Å². The van der Waals surface area contributed by atoms with Gasteiger partial charge >= 0.3 is 6.18 Å². The van der Waals surface area contributed by atoms with E-state index in [4.69, 9.17) is 11.6 Å². The lowest BCUT2D eigenvalue weighted by atomic mass is 10.1. The molecular formula is C22H16ClF3N4O. The predicted octanol–water partition coefficient (Wildman–Crippen LogP) is 5.94. The van der Waals surface area contributed by atoms with Crippen LogP contribution in [0.1, 0.15) is 27.3 Å². The average Bonchev–Trinajstić information content (AvgIpc) is 3.02. The Bertz CT molecular complexity index is 1300. The molecule has 4 rings (SSSR count). The number of nitrogens with one attached hydrogen (secondary N) is 1. The normalized spacial score (nSPS) is 11.7. The van der Waals surface area contributed by atoms with E-state index in [1.165, 1.54) is 22.8 Å². The first-order valence-corrected chi connectivity index (χ1v) is 9.62. The van der Waals surface area contributed by atoms with Crippen LogP contribution in [0.2, 0.25) is 5.02 Å². The minimum absolute atomic E-state index is 0.0396. The first kappa shape index (κ1) is 20.9. The summed E-state index contributed by atoms with van der Waals surface area (Å²) < 4.78 is 40.3. The number of amides is 1. The summed E-state index contributed by atoms with van der Waals surface area (Å²) in [6, 6.07) is 11.7. The van der Waals surface area contributed by atoms with Crippen molar-refractivity contribution in [2.24, 2.45) is 0 Å². The number of carbonyl (C=O) groups is 1. The molecule has 4 aromatic rings. The van der Waals surface area contributed by atoms with Gasteiger partial charge in [0.2, 0.25) is 0 Å². The lowest BCUT2D eigenvalue weighted by molar-refractivity contribution is -0.137. The van der Waals surface area contributed by atoms with E-state index in [9.17, 15) is 18.0 Å². The maximum absolute atomic E-state index is 12.9. The summed E-state index contributed by atoms with van der Waals surface area (Å²) in [5.74, 6) is -0.576. The summed E-state index contributed by atoms with van der Waals surface area (Å²) in [4.78, 5) is 17.3.